The van der Waals surface area contributed by atoms with E-state index in [1.807, 2.05) is 13.8 Å². The van der Waals surface area contributed by atoms with Crippen molar-refractivity contribution in [2.75, 3.05) is 0 Å². The van der Waals surface area contributed by atoms with Gasteiger partial charge in [-0.2, -0.15) is 0 Å². The maximum absolute atomic E-state index is 14.3. The van der Waals surface area contributed by atoms with Crippen LogP contribution in [0.4, 0.5) is 4.39 Å². The van der Waals surface area contributed by atoms with Crippen molar-refractivity contribution in [2.45, 2.75) is 39.2 Å². The third-order valence-corrected chi connectivity index (χ3v) is 3.95. The van der Waals surface area contributed by atoms with Crippen LogP contribution in [0.25, 0.3) is 11.1 Å². The SMILES string of the molecule is CCC(CC)OC(=O)Cc1ccc(-c2ccc(C=O)cc2)c(F)c1. The first-order valence-electron chi connectivity index (χ1n) is 8.10. The van der Waals surface area contributed by atoms with Crippen molar-refractivity contribution in [1.82, 2.24) is 0 Å². The zero-order valence-electron chi connectivity index (χ0n) is 13.9. The van der Waals surface area contributed by atoms with Gasteiger partial charge in [0, 0.05) is 11.1 Å². The van der Waals surface area contributed by atoms with Crippen LogP contribution in [0.15, 0.2) is 42.5 Å². The van der Waals surface area contributed by atoms with Crippen LogP contribution in [0.3, 0.4) is 0 Å². The minimum atomic E-state index is -0.401. The first kappa shape index (κ1) is 17.9. The molecule has 2 aromatic carbocycles. The van der Waals surface area contributed by atoms with Crippen molar-refractivity contribution in [3.63, 3.8) is 0 Å². The lowest BCUT2D eigenvalue weighted by atomic mass is 10.0. The number of carbonyl (C=O) groups excluding carboxylic acids is 2. The van der Waals surface area contributed by atoms with E-state index in [9.17, 15) is 14.0 Å². The number of aldehydes is 1. The molecule has 0 aliphatic carbocycles. The normalized spacial score (nSPS) is 10.7. The predicted molar refractivity (Wildman–Crippen MR) is 91.4 cm³/mol. The summed E-state index contributed by atoms with van der Waals surface area (Å²) in [6, 6.07) is 11.4. The number of halogens is 1. The number of esters is 1. The third kappa shape index (κ3) is 4.51. The number of hydrogen-bond acceptors (Lipinski definition) is 3. The Kier molecular flexibility index (Phi) is 6.24. The smallest absolute Gasteiger partial charge is 0.310 e. The molecule has 0 spiro atoms. The molecule has 0 fully saturated rings. The molecule has 0 radical (unpaired) electrons. The fraction of sp³-hybridized carbons (Fsp3) is 0.300. The summed E-state index contributed by atoms with van der Waals surface area (Å²) in [5.41, 5.74) is 2.24. The van der Waals surface area contributed by atoms with Crippen LogP contribution < -0.4 is 0 Å². The van der Waals surface area contributed by atoms with Crippen molar-refractivity contribution in [1.29, 1.82) is 0 Å². The topological polar surface area (TPSA) is 43.4 Å². The lowest BCUT2D eigenvalue weighted by Gasteiger charge is -2.14. The molecule has 0 aliphatic heterocycles. The molecule has 126 valence electrons. The fourth-order valence-corrected chi connectivity index (χ4v) is 2.49. The Morgan fingerprint density at radius 2 is 1.79 bits per heavy atom. The van der Waals surface area contributed by atoms with Crippen LogP contribution in [-0.2, 0) is 16.0 Å². The van der Waals surface area contributed by atoms with Gasteiger partial charge in [0.25, 0.3) is 0 Å². The second-order valence-electron chi connectivity index (χ2n) is 5.66. The summed E-state index contributed by atoms with van der Waals surface area (Å²) in [5.74, 6) is -0.743. The minimum Gasteiger partial charge on any atom is -0.462 e. The van der Waals surface area contributed by atoms with Gasteiger partial charge < -0.3 is 4.74 Å². The molecule has 0 atom stereocenters. The minimum absolute atomic E-state index is 0.0534. The summed E-state index contributed by atoms with van der Waals surface area (Å²) in [5, 5.41) is 0. The molecule has 0 heterocycles. The zero-order valence-corrected chi connectivity index (χ0v) is 13.9. The summed E-state index contributed by atoms with van der Waals surface area (Å²) in [7, 11) is 0. The van der Waals surface area contributed by atoms with Gasteiger partial charge in [-0.1, -0.05) is 50.2 Å². The van der Waals surface area contributed by atoms with Gasteiger partial charge in [0.1, 0.15) is 18.2 Å². The zero-order chi connectivity index (χ0) is 17.5. The van der Waals surface area contributed by atoms with Gasteiger partial charge in [-0.25, -0.2) is 4.39 Å². The highest BCUT2D eigenvalue weighted by molar-refractivity contribution is 5.77. The van der Waals surface area contributed by atoms with Crippen LogP contribution in [-0.4, -0.2) is 18.4 Å². The summed E-state index contributed by atoms with van der Waals surface area (Å²) in [6.45, 7) is 3.93. The number of rotatable bonds is 7. The average Bonchev–Trinajstić information content (AvgIpc) is 2.60. The Morgan fingerprint density at radius 1 is 1.12 bits per heavy atom. The summed E-state index contributed by atoms with van der Waals surface area (Å²) < 4.78 is 19.7. The van der Waals surface area contributed by atoms with Crippen LogP contribution in [0.5, 0.6) is 0 Å². The van der Waals surface area contributed by atoms with Gasteiger partial charge in [-0.15, -0.1) is 0 Å². The second kappa shape index (κ2) is 8.39. The number of ether oxygens (including phenoxy) is 1. The standard InChI is InChI=1S/C20H21FO3/c1-3-17(4-2)24-20(23)12-15-7-10-18(19(21)11-15)16-8-5-14(13-22)6-9-16/h5-11,13,17H,3-4,12H2,1-2H3. The fourth-order valence-electron chi connectivity index (χ4n) is 2.49. The van der Waals surface area contributed by atoms with E-state index in [-0.39, 0.29) is 18.5 Å². The number of carbonyl (C=O) groups is 2. The van der Waals surface area contributed by atoms with Crippen molar-refractivity contribution in [3.8, 4) is 11.1 Å². The Hall–Kier alpha value is -2.49. The highest BCUT2D eigenvalue weighted by Gasteiger charge is 2.13. The number of benzene rings is 2. The maximum atomic E-state index is 14.3. The van der Waals surface area contributed by atoms with Crippen molar-refractivity contribution in [3.05, 3.63) is 59.4 Å². The lowest BCUT2D eigenvalue weighted by molar-refractivity contribution is -0.148. The highest BCUT2D eigenvalue weighted by atomic mass is 19.1. The van der Waals surface area contributed by atoms with Crippen LogP contribution in [0.2, 0.25) is 0 Å². The average molecular weight is 328 g/mol. The van der Waals surface area contributed by atoms with Crippen molar-refractivity contribution >= 4 is 12.3 Å². The quantitative estimate of drug-likeness (QED) is 0.552. The highest BCUT2D eigenvalue weighted by Crippen LogP contribution is 2.24. The molecule has 0 aromatic heterocycles. The van der Waals surface area contributed by atoms with E-state index in [0.717, 1.165) is 19.1 Å². The predicted octanol–water partition coefficient (Wildman–Crippen LogP) is 4.58. The van der Waals surface area contributed by atoms with E-state index in [2.05, 4.69) is 0 Å². The first-order chi connectivity index (χ1) is 11.6. The third-order valence-electron chi connectivity index (χ3n) is 3.95. The molecule has 2 aromatic rings. The second-order valence-corrected chi connectivity index (χ2v) is 5.66. The molecule has 0 unspecified atom stereocenters. The summed E-state index contributed by atoms with van der Waals surface area (Å²) in [6.07, 6.45) is 2.25. The number of hydrogen-bond donors (Lipinski definition) is 0. The molecular formula is C20H21FO3. The molecular weight excluding hydrogens is 307 g/mol. The van der Waals surface area contributed by atoms with E-state index >= 15 is 0 Å². The van der Waals surface area contributed by atoms with Crippen LogP contribution in [0, 0.1) is 5.82 Å². The molecule has 2 rings (SSSR count). The molecule has 24 heavy (non-hydrogen) atoms. The molecule has 0 amide bonds. The Balaban J connectivity index is 2.11. The Bertz CT molecular complexity index is 703. The van der Waals surface area contributed by atoms with E-state index in [4.69, 9.17) is 4.74 Å². The van der Waals surface area contributed by atoms with Crippen molar-refractivity contribution in [2.24, 2.45) is 0 Å². The van der Waals surface area contributed by atoms with E-state index in [1.165, 1.54) is 6.07 Å². The van der Waals surface area contributed by atoms with Gasteiger partial charge in [0.15, 0.2) is 0 Å². The molecule has 0 N–H and O–H groups in total. The van der Waals surface area contributed by atoms with Crippen molar-refractivity contribution < 1.29 is 18.7 Å². The van der Waals surface area contributed by atoms with E-state index in [1.54, 1.807) is 36.4 Å². The Labute approximate surface area is 141 Å². The van der Waals surface area contributed by atoms with Gasteiger partial charge in [-0.05, 0) is 30.0 Å². The van der Waals surface area contributed by atoms with Crippen LogP contribution >= 0.6 is 0 Å². The van der Waals surface area contributed by atoms with Gasteiger partial charge >= 0.3 is 5.97 Å². The van der Waals surface area contributed by atoms with E-state index in [0.29, 0.717) is 22.3 Å². The summed E-state index contributed by atoms with van der Waals surface area (Å²) >= 11 is 0. The lowest BCUT2D eigenvalue weighted by Crippen LogP contribution is -2.18. The maximum Gasteiger partial charge on any atom is 0.310 e. The van der Waals surface area contributed by atoms with Gasteiger partial charge in [-0.3, -0.25) is 9.59 Å². The van der Waals surface area contributed by atoms with Crippen LogP contribution in [0.1, 0.15) is 42.6 Å². The molecule has 0 bridgehead atoms. The monoisotopic (exact) mass is 328 g/mol. The molecule has 4 heteroatoms. The van der Waals surface area contributed by atoms with Gasteiger partial charge in [0.2, 0.25) is 0 Å². The first-order valence-corrected chi connectivity index (χ1v) is 8.10. The van der Waals surface area contributed by atoms with Gasteiger partial charge in [0.05, 0.1) is 6.42 Å². The Morgan fingerprint density at radius 3 is 2.33 bits per heavy atom. The molecule has 3 nitrogen and oxygen atoms in total. The molecule has 0 saturated heterocycles. The molecule has 0 aliphatic rings. The largest absolute Gasteiger partial charge is 0.462 e. The summed E-state index contributed by atoms with van der Waals surface area (Å²) in [4.78, 5) is 22.6. The van der Waals surface area contributed by atoms with E-state index < -0.39 is 5.82 Å². The molecule has 0 saturated carbocycles.